The molecule has 0 radical (unpaired) electrons. The van der Waals surface area contributed by atoms with Crippen molar-refractivity contribution in [3.63, 3.8) is 0 Å². The SMILES string of the molecule is CC1(C)C=Cc2nc(S)cn2C=C1. The highest BCUT2D eigenvalue weighted by molar-refractivity contribution is 7.80. The summed E-state index contributed by atoms with van der Waals surface area (Å²) < 4.78 is 1.98. The highest BCUT2D eigenvalue weighted by Gasteiger charge is 2.13. The van der Waals surface area contributed by atoms with Crippen LogP contribution in [0.3, 0.4) is 0 Å². The molecule has 0 spiro atoms. The third-order valence-electron chi connectivity index (χ3n) is 2.07. The number of aromatic nitrogens is 2. The Kier molecular flexibility index (Phi) is 1.84. The third-order valence-corrected chi connectivity index (χ3v) is 2.29. The fourth-order valence-corrected chi connectivity index (χ4v) is 1.48. The summed E-state index contributed by atoms with van der Waals surface area (Å²) in [7, 11) is 0. The van der Waals surface area contributed by atoms with Gasteiger partial charge in [0.1, 0.15) is 10.9 Å². The van der Waals surface area contributed by atoms with Gasteiger partial charge in [-0.2, -0.15) is 0 Å². The number of thiol groups is 1. The second-order valence-corrected chi connectivity index (χ2v) is 4.29. The van der Waals surface area contributed by atoms with Gasteiger partial charge in [-0.05, 0) is 6.08 Å². The Balaban J connectivity index is 2.50. The summed E-state index contributed by atoms with van der Waals surface area (Å²) in [5.41, 5.74) is 0.109. The maximum Gasteiger partial charge on any atom is 0.137 e. The van der Waals surface area contributed by atoms with Crippen molar-refractivity contribution in [2.45, 2.75) is 18.9 Å². The molecule has 1 aromatic heterocycles. The number of fused-ring (bicyclic) bond motifs is 1. The van der Waals surface area contributed by atoms with E-state index in [2.05, 4.69) is 43.6 Å². The molecule has 0 aliphatic carbocycles. The Morgan fingerprint density at radius 1 is 1.38 bits per heavy atom. The first-order valence-electron chi connectivity index (χ1n) is 4.23. The number of imidazole rings is 1. The molecule has 0 saturated heterocycles. The van der Waals surface area contributed by atoms with Gasteiger partial charge in [-0.1, -0.05) is 26.0 Å². The molecule has 68 valence electrons. The maximum absolute atomic E-state index is 4.27. The van der Waals surface area contributed by atoms with E-state index in [1.807, 2.05) is 23.0 Å². The Labute approximate surface area is 83.4 Å². The van der Waals surface area contributed by atoms with Gasteiger partial charge in [0.2, 0.25) is 0 Å². The van der Waals surface area contributed by atoms with Crippen LogP contribution < -0.4 is 0 Å². The lowest BCUT2D eigenvalue weighted by atomic mass is 9.93. The second kappa shape index (κ2) is 2.77. The summed E-state index contributed by atoms with van der Waals surface area (Å²) in [5, 5.41) is 0.754. The molecule has 1 aliphatic heterocycles. The van der Waals surface area contributed by atoms with Gasteiger partial charge >= 0.3 is 0 Å². The molecule has 0 N–H and O–H groups in total. The smallest absolute Gasteiger partial charge is 0.137 e. The topological polar surface area (TPSA) is 17.8 Å². The van der Waals surface area contributed by atoms with Gasteiger partial charge in [0, 0.05) is 17.8 Å². The van der Waals surface area contributed by atoms with E-state index in [9.17, 15) is 0 Å². The van der Waals surface area contributed by atoms with Crippen molar-refractivity contribution >= 4 is 24.9 Å². The molecular formula is C10H12N2S. The molecule has 0 aromatic carbocycles. The summed E-state index contributed by atoms with van der Waals surface area (Å²) in [6.07, 6.45) is 10.2. The highest BCUT2D eigenvalue weighted by Crippen LogP contribution is 2.24. The van der Waals surface area contributed by atoms with Crippen LogP contribution in [0.5, 0.6) is 0 Å². The van der Waals surface area contributed by atoms with Crippen LogP contribution in [0.1, 0.15) is 19.7 Å². The molecule has 0 atom stereocenters. The molecule has 13 heavy (non-hydrogen) atoms. The van der Waals surface area contributed by atoms with Gasteiger partial charge in [-0.25, -0.2) is 4.98 Å². The van der Waals surface area contributed by atoms with Gasteiger partial charge in [0.15, 0.2) is 0 Å². The van der Waals surface area contributed by atoms with Crippen LogP contribution >= 0.6 is 12.6 Å². The van der Waals surface area contributed by atoms with Crippen molar-refractivity contribution in [1.82, 2.24) is 9.55 Å². The highest BCUT2D eigenvalue weighted by atomic mass is 32.1. The van der Waals surface area contributed by atoms with Crippen molar-refractivity contribution < 1.29 is 0 Å². The Morgan fingerprint density at radius 2 is 2.15 bits per heavy atom. The molecule has 1 aromatic rings. The predicted molar refractivity (Wildman–Crippen MR) is 57.6 cm³/mol. The van der Waals surface area contributed by atoms with Crippen molar-refractivity contribution in [1.29, 1.82) is 0 Å². The monoisotopic (exact) mass is 192 g/mol. The fraction of sp³-hybridized carbons (Fsp3) is 0.300. The number of allylic oxidation sites excluding steroid dienone is 2. The lowest BCUT2D eigenvalue weighted by molar-refractivity contribution is 0.632. The van der Waals surface area contributed by atoms with Crippen molar-refractivity contribution in [3.05, 3.63) is 24.2 Å². The Bertz CT molecular complexity index is 352. The van der Waals surface area contributed by atoms with Crippen LogP contribution in [0.2, 0.25) is 0 Å². The number of hydrogen-bond donors (Lipinski definition) is 1. The van der Waals surface area contributed by atoms with Crippen LogP contribution in [0.25, 0.3) is 12.3 Å². The first-order valence-corrected chi connectivity index (χ1v) is 4.68. The Hall–Kier alpha value is -0.960. The molecule has 3 heteroatoms. The molecule has 0 saturated carbocycles. The summed E-state index contributed by atoms with van der Waals surface area (Å²) in [6, 6.07) is 0. The van der Waals surface area contributed by atoms with E-state index >= 15 is 0 Å². The second-order valence-electron chi connectivity index (χ2n) is 3.84. The van der Waals surface area contributed by atoms with E-state index in [0.717, 1.165) is 10.9 Å². The summed E-state index contributed by atoms with van der Waals surface area (Å²) >= 11 is 4.19. The number of rotatable bonds is 0. The van der Waals surface area contributed by atoms with Crippen LogP contribution in [0, 0.1) is 5.41 Å². The third kappa shape index (κ3) is 1.70. The lowest BCUT2D eigenvalue weighted by Crippen LogP contribution is -2.00. The molecule has 2 heterocycles. The minimum atomic E-state index is 0.109. The Morgan fingerprint density at radius 3 is 2.92 bits per heavy atom. The van der Waals surface area contributed by atoms with Crippen LogP contribution in [0.4, 0.5) is 0 Å². The van der Waals surface area contributed by atoms with E-state index in [-0.39, 0.29) is 5.41 Å². The van der Waals surface area contributed by atoms with Crippen molar-refractivity contribution in [2.24, 2.45) is 5.41 Å². The first-order chi connectivity index (χ1) is 6.07. The zero-order valence-electron chi connectivity index (χ0n) is 7.73. The van der Waals surface area contributed by atoms with Gasteiger partial charge < -0.3 is 4.57 Å². The average molecular weight is 192 g/mol. The van der Waals surface area contributed by atoms with Gasteiger partial charge in [-0.3, -0.25) is 0 Å². The van der Waals surface area contributed by atoms with Crippen molar-refractivity contribution in [3.8, 4) is 0 Å². The summed E-state index contributed by atoms with van der Waals surface area (Å²) in [6.45, 7) is 4.32. The molecule has 2 nitrogen and oxygen atoms in total. The van der Waals surface area contributed by atoms with E-state index in [4.69, 9.17) is 0 Å². The minimum absolute atomic E-state index is 0.109. The van der Waals surface area contributed by atoms with Gasteiger partial charge in [-0.15, -0.1) is 12.6 Å². The van der Waals surface area contributed by atoms with E-state index in [0.29, 0.717) is 0 Å². The van der Waals surface area contributed by atoms with Crippen LogP contribution in [-0.2, 0) is 0 Å². The van der Waals surface area contributed by atoms with E-state index in [1.165, 1.54) is 0 Å². The van der Waals surface area contributed by atoms with Crippen LogP contribution in [-0.4, -0.2) is 9.55 Å². The quantitative estimate of drug-likeness (QED) is 0.626. The minimum Gasteiger partial charge on any atom is -0.306 e. The van der Waals surface area contributed by atoms with Crippen LogP contribution in [0.15, 0.2) is 23.4 Å². The largest absolute Gasteiger partial charge is 0.306 e. The summed E-state index contributed by atoms with van der Waals surface area (Å²) in [5.74, 6) is 0.937. The molecule has 0 bridgehead atoms. The standard InChI is InChI=1S/C10H12N2S/c1-10(2)4-3-8-11-9(13)7-12(8)6-5-10/h3-7,13H,1-2H3. The zero-order chi connectivity index (χ0) is 9.47. The zero-order valence-corrected chi connectivity index (χ0v) is 8.62. The number of hydrogen-bond acceptors (Lipinski definition) is 2. The normalized spacial score (nSPS) is 18.4. The lowest BCUT2D eigenvalue weighted by Gasteiger charge is -2.11. The molecule has 2 rings (SSSR count). The summed E-state index contributed by atoms with van der Waals surface area (Å²) in [4.78, 5) is 4.27. The van der Waals surface area contributed by atoms with Gasteiger partial charge in [0.05, 0.1) is 0 Å². The molecular weight excluding hydrogens is 180 g/mol. The number of nitrogens with zero attached hydrogens (tertiary/aromatic N) is 2. The van der Waals surface area contributed by atoms with Gasteiger partial charge in [0.25, 0.3) is 0 Å². The average Bonchev–Trinajstić information content (AvgIpc) is 2.34. The van der Waals surface area contributed by atoms with E-state index in [1.54, 1.807) is 0 Å². The molecule has 0 amide bonds. The van der Waals surface area contributed by atoms with Crippen molar-refractivity contribution in [2.75, 3.05) is 0 Å². The fourth-order valence-electron chi connectivity index (χ4n) is 1.25. The molecule has 1 aliphatic rings. The molecule has 0 fully saturated rings. The van der Waals surface area contributed by atoms with E-state index < -0.39 is 0 Å². The first kappa shape index (κ1) is 8.63. The maximum atomic E-state index is 4.27. The molecule has 0 unspecified atom stereocenters. The predicted octanol–water partition coefficient (Wildman–Crippen LogP) is 2.70.